The fourth-order valence-electron chi connectivity index (χ4n) is 2.64. The lowest BCUT2D eigenvalue weighted by molar-refractivity contribution is -0.127. The second-order valence-corrected chi connectivity index (χ2v) is 6.03. The monoisotopic (exact) mass is 343 g/mol. The van der Waals surface area contributed by atoms with E-state index in [0.29, 0.717) is 5.56 Å². The van der Waals surface area contributed by atoms with Gasteiger partial charge in [-0.15, -0.1) is 0 Å². The molecule has 1 saturated carbocycles. The molecule has 7 heteroatoms. The second-order valence-electron chi connectivity index (χ2n) is 6.03. The Bertz CT molecular complexity index is 673. The van der Waals surface area contributed by atoms with E-state index in [2.05, 4.69) is 10.6 Å². The van der Waals surface area contributed by atoms with E-state index in [0.717, 1.165) is 25.7 Å². The molecule has 0 aliphatic heterocycles. The van der Waals surface area contributed by atoms with Gasteiger partial charge in [-0.25, -0.2) is 9.59 Å². The Morgan fingerprint density at radius 1 is 1.16 bits per heavy atom. The molecule has 0 radical (unpaired) electrons. The van der Waals surface area contributed by atoms with Crippen molar-refractivity contribution in [3.63, 3.8) is 0 Å². The van der Waals surface area contributed by atoms with E-state index < -0.39 is 24.0 Å². The first kappa shape index (κ1) is 18.5. The number of carbonyl (C=O) groups excluding carboxylic acids is 3. The van der Waals surface area contributed by atoms with Crippen molar-refractivity contribution in [2.24, 2.45) is 0 Å². The number of nitrogens with one attached hydrogen (secondary N) is 2. The van der Waals surface area contributed by atoms with Crippen molar-refractivity contribution in [3.8, 4) is 6.07 Å². The minimum atomic E-state index is -1.11. The molecule has 1 aromatic carbocycles. The highest BCUT2D eigenvalue weighted by atomic mass is 16.5. The maximum Gasteiger partial charge on any atom is 0.338 e. The van der Waals surface area contributed by atoms with Crippen molar-refractivity contribution in [1.82, 2.24) is 10.6 Å². The predicted molar refractivity (Wildman–Crippen MR) is 89.6 cm³/mol. The lowest BCUT2D eigenvalue weighted by Gasteiger charge is -2.23. The summed E-state index contributed by atoms with van der Waals surface area (Å²) < 4.78 is 5.05. The summed E-state index contributed by atoms with van der Waals surface area (Å²) in [5.74, 6) is -1.38. The molecule has 3 amide bonds. The summed E-state index contributed by atoms with van der Waals surface area (Å²) in [4.78, 5) is 35.8. The van der Waals surface area contributed by atoms with Crippen LogP contribution in [-0.4, -0.2) is 30.1 Å². The minimum Gasteiger partial charge on any atom is -0.449 e. The molecule has 0 spiro atoms. The molecule has 0 unspecified atom stereocenters. The lowest BCUT2D eigenvalue weighted by atomic mass is 9.96. The number of hydrogen-bond acceptors (Lipinski definition) is 5. The molecular weight excluding hydrogens is 322 g/mol. The van der Waals surface area contributed by atoms with E-state index in [1.807, 2.05) is 6.07 Å². The Morgan fingerprint density at radius 2 is 1.80 bits per heavy atom. The van der Waals surface area contributed by atoms with Gasteiger partial charge in [0.05, 0.1) is 17.2 Å². The third-order valence-corrected chi connectivity index (χ3v) is 4.08. The van der Waals surface area contributed by atoms with Crippen molar-refractivity contribution < 1.29 is 19.1 Å². The number of nitrogens with zero attached hydrogens (tertiary/aromatic N) is 1. The Morgan fingerprint density at radius 3 is 2.40 bits per heavy atom. The van der Waals surface area contributed by atoms with Gasteiger partial charge in [-0.2, -0.15) is 5.26 Å². The fourth-order valence-corrected chi connectivity index (χ4v) is 2.64. The Labute approximate surface area is 146 Å². The topological polar surface area (TPSA) is 108 Å². The minimum absolute atomic E-state index is 0.0815. The van der Waals surface area contributed by atoms with Gasteiger partial charge in [-0.1, -0.05) is 19.3 Å². The average molecular weight is 343 g/mol. The van der Waals surface area contributed by atoms with Crippen molar-refractivity contribution in [2.75, 3.05) is 0 Å². The Balaban J connectivity index is 1.81. The molecule has 1 atom stereocenters. The van der Waals surface area contributed by atoms with E-state index in [1.165, 1.54) is 37.6 Å². The van der Waals surface area contributed by atoms with Gasteiger partial charge in [0.15, 0.2) is 6.10 Å². The molecule has 0 saturated heterocycles. The van der Waals surface area contributed by atoms with E-state index in [-0.39, 0.29) is 11.6 Å². The molecule has 7 nitrogen and oxygen atoms in total. The Hall–Kier alpha value is -2.88. The highest BCUT2D eigenvalue weighted by Crippen LogP contribution is 2.17. The van der Waals surface area contributed by atoms with E-state index >= 15 is 0 Å². The molecule has 1 aliphatic rings. The third kappa shape index (κ3) is 5.60. The highest BCUT2D eigenvalue weighted by Gasteiger charge is 2.22. The van der Waals surface area contributed by atoms with Crippen molar-refractivity contribution in [1.29, 1.82) is 5.26 Å². The van der Waals surface area contributed by atoms with Gasteiger partial charge < -0.3 is 10.1 Å². The number of esters is 1. The quantitative estimate of drug-likeness (QED) is 0.815. The number of benzene rings is 1. The van der Waals surface area contributed by atoms with Crippen LogP contribution in [0, 0.1) is 11.3 Å². The summed E-state index contributed by atoms with van der Waals surface area (Å²) in [6, 6.07) is 7.32. The maximum atomic E-state index is 12.0. The average Bonchev–Trinajstić information content (AvgIpc) is 2.62. The number of nitriles is 1. The highest BCUT2D eigenvalue weighted by molar-refractivity contribution is 5.98. The van der Waals surface area contributed by atoms with Crippen molar-refractivity contribution >= 4 is 17.9 Å². The van der Waals surface area contributed by atoms with Gasteiger partial charge in [-0.3, -0.25) is 10.1 Å². The predicted octanol–water partition coefficient (Wildman–Crippen LogP) is 2.26. The van der Waals surface area contributed by atoms with Crippen LogP contribution in [0.5, 0.6) is 0 Å². The van der Waals surface area contributed by atoms with Gasteiger partial charge in [0.25, 0.3) is 5.91 Å². The van der Waals surface area contributed by atoms with E-state index in [9.17, 15) is 14.4 Å². The zero-order valence-corrected chi connectivity index (χ0v) is 14.1. The molecule has 1 aromatic rings. The summed E-state index contributed by atoms with van der Waals surface area (Å²) in [6.07, 6.45) is 4.01. The van der Waals surface area contributed by atoms with Crippen LogP contribution in [0.1, 0.15) is 54.9 Å². The zero-order valence-electron chi connectivity index (χ0n) is 14.1. The first-order valence-electron chi connectivity index (χ1n) is 8.32. The summed E-state index contributed by atoms with van der Waals surface area (Å²) in [5.41, 5.74) is 0.645. The number of amides is 3. The number of carbonyl (C=O) groups is 3. The van der Waals surface area contributed by atoms with Crippen molar-refractivity contribution in [3.05, 3.63) is 35.4 Å². The third-order valence-electron chi connectivity index (χ3n) is 4.08. The van der Waals surface area contributed by atoms with Crippen LogP contribution in [0.25, 0.3) is 0 Å². The first-order valence-corrected chi connectivity index (χ1v) is 8.32. The van der Waals surface area contributed by atoms with Gasteiger partial charge in [0.1, 0.15) is 0 Å². The van der Waals surface area contributed by atoms with Crippen LogP contribution in [0.3, 0.4) is 0 Å². The molecule has 25 heavy (non-hydrogen) atoms. The summed E-state index contributed by atoms with van der Waals surface area (Å²) in [7, 11) is 0. The summed E-state index contributed by atoms with van der Waals surface area (Å²) in [5, 5.41) is 13.7. The van der Waals surface area contributed by atoms with Crippen LogP contribution in [0.4, 0.5) is 4.79 Å². The number of rotatable bonds is 4. The smallest absolute Gasteiger partial charge is 0.338 e. The largest absolute Gasteiger partial charge is 0.449 e. The molecule has 0 heterocycles. The molecule has 0 bridgehead atoms. The molecule has 2 rings (SSSR count). The van der Waals surface area contributed by atoms with Gasteiger partial charge in [0, 0.05) is 6.04 Å². The van der Waals surface area contributed by atoms with Gasteiger partial charge in [-0.05, 0) is 44.0 Å². The first-order chi connectivity index (χ1) is 12.0. The van der Waals surface area contributed by atoms with Crippen LogP contribution >= 0.6 is 0 Å². The molecule has 0 aromatic heterocycles. The number of hydrogen-bond donors (Lipinski definition) is 2. The SMILES string of the molecule is C[C@H](OC(=O)c1ccc(C#N)cc1)C(=O)NC(=O)NC1CCCCC1. The zero-order chi connectivity index (χ0) is 18.2. The normalized spacial score (nSPS) is 15.5. The molecule has 2 N–H and O–H groups in total. The number of urea groups is 1. The fraction of sp³-hybridized carbons (Fsp3) is 0.444. The Kier molecular flexibility index (Phi) is 6.52. The molecule has 132 valence electrons. The molecule has 1 aliphatic carbocycles. The van der Waals surface area contributed by atoms with Gasteiger partial charge >= 0.3 is 12.0 Å². The van der Waals surface area contributed by atoms with Crippen molar-refractivity contribution in [2.45, 2.75) is 51.2 Å². The van der Waals surface area contributed by atoms with Crippen LogP contribution in [-0.2, 0) is 9.53 Å². The van der Waals surface area contributed by atoms with Gasteiger partial charge in [0.2, 0.25) is 0 Å². The maximum absolute atomic E-state index is 12.0. The van der Waals surface area contributed by atoms with E-state index in [1.54, 1.807) is 0 Å². The second kappa shape index (κ2) is 8.83. The lowest BCUT2D eigenvalue weighted by Crippen LogP contribution is -2.48. The van der Waals surface area contributed by atoms with Crippen LogP contribution < -0.4 is 10.6 Å². The number of imide groups is 1. The number of ether oxygens (including phenoxy) is 1. The molecular formula is C18H21N3O4. The summed E-state index contributed by atoms with van der Waals surface area (Å²) >= 11 is 0. The standard InChI is InChI=1S/C18H21N3O4/c1-12(25-17(23)14-9-7-13(11-19)8-10-14)16(22)21-18(24)20-15-5-3-2-4-6-15/h7-10,12,15H,2-6H2,1H3,(H2,20,21,22,24)/t12-/m0/s1. The summed E-state index contributed by atoms with van der Waals surface area (Å²) in [6.45, 7) is 1.39. The molecule has 1 fully saturated rings. The van der Waals surface area contributed by atoms with Crippen LogP contribution in [0.15, 0.2) is 24.3 Å². The van der Waals surface area contributed by atoms with Crippen LogP contribution in [0.2, 0.25) is 0 Å². The van der Waals surface area contributed by atoms with E-state index in [4.69, 9.17) is 10.00 Å².